The maximum atomic E-state index is 13.2. The predicted octanol–water partition coefficient (Wildman–Crippen LogP) is 1.43. The number of amides is 1. The lowest BCUT2D eigenvalue weighted by Gasteiger charge is -2.20. The van der Waals surface area contributed by atoms with E-state index < -0.39 is 17.7 Å². The molecule has 0 unspecified atom stereocenters. The van der Waals surface area contributed by atoms with E-state index in [0.29, 0.717) is 6.54 Å². The van der Waals surface area contributed by atoms with Crippen LogP contribution in [0.3, 0.4) is 0 Å². The molecule has 1 rings (SSSR count). The van der Waals surface area contributed by atoms with Crippen LogP contribution in [0.25, 0.3) is 0 Å². The van der Waals surface area contributed by atoms with Gasteiger partial charge in [0.25, 0.3) is 5.91 Å². The summed E-state index contributed by atoms with van der Waals surface area (Å²) in [5.74, 6) is -1.54. The second-order valence-electron chi connectivity index (χ2n) is 3.90. The van der Waals surface area contributed by atoms with E-state index in [2.05, 4.69) is 0 Å². The van der Waals surface area contributed by atoms with Crippen molar-refractivity contribution in [1.29, 1.82) is 0 Å². The van der Waals surface area contributed by atoms with E-state index in [9.17, 15) is 14.0 Å². The van der Waals surface area contributed by atoms with Gasteiger partial charge in [-0.15, -0.1) is 0 Å². The van der Waals surface area contributed by atoms with Gasteiger partial charge in [0, 0.05) is 17.8 Å². The number of esters is 1. The fourth-order valence-corrected chi connectivity index (χ4v) is 1.61. The minimum atomic E-state index is -0.587. The van der Waals surface area contributed by atoms with Crippen molar-refractivity contribution in [1.82, 2.24) is 4.90 Å². The summed E-state index contributed by atoms with van der Waals surface area (Å²) in [6.45, 7) is 3.80. The van der Waals surface area contributed by atoms with Gasteiger partial charge < -0.3 is 15.4 Å². The Bertz CT molecular complexity index is 457. The van der Waals surface area contributed by atoms with Crippen molar-refractivity contribution < 1.29 is 18.7 Å². The Labute approximate surface area is 111 Å². The van der Waals surface area contributed by atoms with Crippen LogP contribution in [0.2, 0.25) is 0 Å². The van der Waals surface area contributed by atoms with Crippen LogP contribution in [0, 0.1) is 5.82 Å². The summed E-state index contributed by atoms with van der Waals surface area (Å²) in [5.41, 5.74) is 5.76. The Morgan fingerprint density at radius 1 is 1.32 bits per heavy atom. The lowest BCUT2D eigenvalue weighted by Crippen LogP contribution is -2.36. The van der Waals surface area contributed by atoms with Gasteiger partial charge in [0.15, 0.2) is 0 Å². The molecule has 0 heterocycles. The fraction of sp³-hybridized carbons (Fsp3) is 0.385. The molecule has 0 fully saturated rings. The molecule has 104 valence electrons. The highest BCUT2D eigenvalue weighted by molar-refractivity contribution is 5.96. The van der Waals surface area contributed by atoms with E-state index >= 15 is 0 Å². The van der Waals surface area contributed by atoms with Crippen LogP contribution in [0.1, 0.15) is 24.2 Å². The fourth-order valence-electron chi connectivity index (χ4n) is 1.61. The highest BCUT2D eigenvalue weighted by atomic mass is 19.1. The quantitative estimate of drug-likeness (QED) is 0.647. The summed E-state index contributed by atoms with van der Waals surface area (Å²) in [6, 6.07) is 3.59. The first-order valence-corrected chi connectivity index (χ1v) is 5.98. The number of anilines is 1. The number of ether oxygens (including phenoxy) is 1. The van der Waals surface area contributed by atoms with Crippen LogP contribution in [0.5, 0.6) is 0 Å². The maximum absolute atomic E-state index is 13.2. The van der Waals surface area contributed by atoms with E-state index in [1.54, 1.807) is 13.8 Å². The number of rotatable bonds is 5. The van der Waals surface area contributed by atoms with Crippen LogP contribution in [0.4, 0.5) is 10.1 Å². The molecule has 0 aliphatic heterocycles. The predicted molar refractivity (Wildman–Crippen MR) is 69.0 cm³/mol. The molecule has 0 bridgehead atoms. The van der Waals surface area contributed by atoms with Crippen molar-refractivity contribution in [3.05, 3.63) is 29.6 Å². The van der Waals surface area contributed by atoms with E-state index in [4.69, 9.17) is 10.5 Å². The monoisotopic (exact) mass is 268 g/mol. The SMILES string of the molecule is CCOC(=O)CN(CC)C(=O)c1cc(N)cc(F)c1. The van der Waals surface area contributed by atoms with Crippen molar-refractivity contribution in [3.8, 4) is 0 Å². The molecule has 0 saturated carbocycles. The molecule has 0 atom stereocenters. The molecular formula is C13H17FN2O3. The Balaban J connectivity index is 2.86. The first-order valence-electron chi connectivity index (χ1n) is 5.98. The summed E-state index contributed by atoms with van der Waals surface area (Å²) in [4.78, 5) is 24.8. The standard InChI is InChI=1S/C13H17FN2O3/c1-3-16(8-12(17)19-4-2)13(18)9-5-10(14)7-11(15)6-9/h5-7H,3-4,8,15H2,1-2H3. The van der Waals surface area contributed by atoms with E-state index in [-0.39, 0.29) is 24.4 Å². The van der Waals surface area contributed by atoms with Crippen molar-refractivity contribution in [2.24, 2.45) is 0 Å². The molecule has 1 aromatic carbocycles. The van der Waals surface area contributed by atoms with Crippen molar-refractivity contribution in [3.63, 3.8) is 0 Å². The first-order chi connectivity index (χ1) is 8.97. The average molecular weight is 268 g/mol. The zero-order valence-electron chi connectivity index (χ0n) is 11.0. The number of nitrogens with zero attached hydrogens (tertiary/aromatic N) is 1. The number of nitrogen functional groups attached to an aromatic ring is 1. The Hall–Kier alpha value is -2.11. The van der Waals surface area contributed by atoms with Crippen LogP contribution < -0.4 is 5.73 Å². The maximum Gasteiger partial charge on any atom is 0.325 e. The van der Waals surface area contributed by atoms with E-state index in [0.717, 1.165) is 12.1 Å². The van der Waals surface area contributed by atoms with E-state index in [1.807, 2.05) is 0 Å². The zero-order valence-corrected chi connectivity index (χ0v) is 11.0. The van der Waals surface area contributed by atoms with E-state index in [1.165, 1.54) is 11.0 Å². The third kappa shape index (κ3) is 4.24. The summed E-state index contributed by atoms with van der Waals surface area (Å²) >= 11 is 0. The van der Waals surface area contributed by atoms with Gasteiger partial charge >= 0.3 is 5.97 Å². The largest absolute Gasteiger partial charge is 0.465 e. The van der Waals surface area contributed by atoms with Crippen molar-refractivity contribution in [2.45, 2.75) is 13.8 Å². The van der Waals surface area contributed by atoms with Crippen LogP contribution in [-0.2, 0) is 9.53 Å². The molecule has 5 nitrogen and oxygen atoms in total. The van der Waals surface area contributed by atoms with Gasteiger partial charge in [0.2, 0.25) is 0 Å². The topological polar surface area (TPSA) is 72.6 Å². The van der Waals surface area contributed by atoms with Gasteiger partial charge in [-0.25, -0.2) is 4.39 Å². The summed E-state index contributed by atoms with van der Waals surface area (Å²) in [5, 5.41) is 0. The van der Waals surface area contributed by atoms with Crippen LogP contribution >= 0.6 is 0 Å². The van der Waals surface area contributed by atoms with Gasteiger partial charge in [-0.1, -0.05) is 0 Å². The molecule has 0 aliphatic carbocycles. The Kier molecular flexibility index (Phi) is 5.29. The first kappa shape index (κ1) is 14.9. The number of nitrogens with two attached hydrogens (primary N) is 1. The molecule has 2 N–H and O–H groups in total. The molecular weight excluding hydrogens is 251 g/mol. The summed E-state index contributed by atoms with van der Waals surface area (Å²) < 4.78 is 18.0. The third-order valence-corrected chi connectivity index (χ3v) is 2.46. The number of halogens is 1. The van der Waals surface area contributed by atoms with Crippen molar-refractivity contribution >= 4 is 17.6 Å². The molecule has 19 heavy (non-hydrogen) atoms. The zero-order chi connectivity index (χ0) is 14.4. The van der Waals surface area contributed by atoms with Gasteiger partial charge in [-0.3, -0.25) is 9.59 Å². The molecule has 1 amide bonds. The lowest BCUT2D eigenvalue weighted by atomic mass is 10.1. The smallest absolute Gasteiger partial charge is 0.325 e. The number of likely N-dealkylation sites (N-methyl/N-ethyl adjacent to an activating group) is 1. The molecule has 0 saturated heterocycles. The lowest BCUT2D eigenvalue weighted by molar-refractivity contribution is -0.143. The van der Waals surface area contributed by atoms with Gasteiger partial charge in [-0.05, 0) is 32.0 Å². The molecule has 0 aliphatic rings. The van der Waals surface area contributed by atoms with Crippen LogP contribution in [-0.4, -0.2) is 36.5 Å². The van der Waals surface area contributed by atoms with Gasteiger partial charge in [0.1, 0.15) is 12.4 Å². The molecule has 6 heteroatoms. The molecule has 0 spiro atoms. The second-order valence-corrected chi connectivity index (χ2v) is 3.90. The van der Waals surface area contributed by atoms with Crippen molar-refractivity contribution in [2.75, 3.05) is 25.4 Å². The summed E-state index contributed by atoms with van der Waals surface area (Å²) in [6.07, 6.45) is 0. The number of hydrogen-bond acceptors (Lipinski definition) is 4. The minimum absolute atomic E-state index is 0.114. The molecule has 1 aromatic rings. The van der Waals surface area contributed by atoms with Crippen LogP contribution in [0.15, 0.2) is 18.2 Å². The highest BCUT2D eigenvalue weighted by Gasteiger charge is 2.18. The average Bonchev–Trinajstić information content (AvgIpc) is 2.34. The third-order valence-electron chi connectivity index (χ3n) is 2.46. The second kappa shape index (κ2) is 6.72. The number of carbonyl (C=O) groups excluding carboxylic acids is 2. The number of carbonyl (C=O) groups is 2. The van der Waals surface area contributed by atoms with Gasteiger partial charge in [0.05, 0.1) is 6.61 Å². The number of hydrogen-bond donors (Lipinski definition) is 1. The van der Waals surface area contributed by atoms with Gasteiger partial charge in [-0.2, -0.15) is 0 Å². The number of benzene rings is 1. The molecule has 0 aromatic heterocycles. The Morgan fingerprint density at radius 2 is 2.00 bits per heavy atom. The Morgan fingerprint density at radius 3 is 2.53 bits per heavy atom. The highest BCUT2D eigenvalue weighted by Crippen LogP contribution is 2.13. The minimum Gasteiger partial charge on any atom is -0.465 e. The normalized spacial score (nSPS) is 10.1. The summed E-state index contributed by atoms with van der Waals surface area (Å²) in [7, 11) is 0. The molecule has 0 radical (unpaired) electrons.